The van der Waals surface area contributed by atoms with Crippen LogP contribution in [0.25, 0.3) is 0 Å². The van der Waals surface area contributed by atoms with Crippen molar-refractivity contribution >= 4 is 11.9 Å². The summed E-state index contributed by atoms with van der Waals surface area (Å²) in [6, 6.07) is 0. The molecule has 5 nitrogen and oxygen atoms in total. The van der Waals surface area contributed by atoms with E-state index in [2.05, 4.69) is 0 Å². The summed E-state index contributed by atoms with van der Waals surface area (Å²) in [6.07, 6.45) is -11.4. The highest BCUT2D eigenvalue weighted by atomic mass is 19.4. The summed E-state index contributed by atoms with van der Waals surface area (Å²) >= 11 is 0. The van der Waals surface area contributed by atoms with Crippen LogP contribution in [0.1, 0.15) is 20.3 Å². The molecule has 0 aromatic carbocycles. The fourth-order valence-corrected chi connectivity index (χ4v) is 2.42. The number of aliphatic carboxylic acids is 2. The van der Waals surface area contributed by atoms with Crippen molar-refractivity contribution in [2.45, 2.75) is 32.6 Å². The summed E-state index contributed by atoms with van der Waals surface area (Å²) in [5.41, 5.74) is -7.11. The van der Waals surface area contributed by atoms with Gasteiger partial charge in [-0.15, -0.1) is 0 Å². The lowest BCUT2D eigenvalue weighted by atomic mass is 9.79. The van der Waals surface area contributed by atoms with E-state index in [-0.39, 0.29) is 0 Å². The number of carboxylic acid groups (broad SMARTS) is 2. The molecule has 24 heavy (non-hydrogen) atoms. The fourth-order valence-electron chi connectivity index (χ4n) is 2.42. The first-order valence-electron chi connectivity index (χ1n) is 6.54. The number of carboxylic acids is 2. The maximum Gasteiger partial charge on any atom is 0.431 e. The smallest absolute Gasteiger partial charge is 0.431 e. The minimum atomic E-state index is -5.43. The van der Waals surface area contributed by atoms with E-state index < -0.39 is 65.1 Å². The third-order valence-corrected chi connectivity index (χ3v) is 3.22. The van der Waals surface area contributed by atoms with E-state index in [9.17, 15) is 35.9 Å². The molecule has 0 amide bonds. The summed E-state index contributed by atoms with van der Waals surface area (Å²) in [5.74, 6) is -6.89. The van der Waals surface area contributed by atoms with Gasteiger partial charge in [0.1, 0.15) is 11.4 Å². The van der Waals surface area contributed by atoms with Crippen molar-refractivity contribution in [1.82, 2.24) is 5.32 Å². The highest BCUT2D eigenvalue weighted by molar-refractivity contribution is 5.96. The molecule has 3 N–H and O–H groups in total. The molecule has 1 aliphatic heterocycles. The van der Waals surface area contributed by atoms with Crippen LogP contribution in [0.5, 0.6) is 0 Å². The quantitative estimate of drug-likeness (QED) is 0.670. The van der Waals surface area contributed by atoms with E-state index >= 15 is 0 Å². The molecule has 0 aliphatic carbocycles. The summed E-state index contributed by atoms with van der Waals surface area (Å²) in [7, 11) is 0. The molecule has 0 saturated heterocycles. The van der Waals surface area contributed by atoms with Gasteiger partial charge in [0.05, 0.1) is 11.1 Å². The summed E-state index contributed by atoms with van der Waals surface area (Å²) < 4.78 is 78.2. The Balaban J connectivity index is 3.78. The average molecular weight is 361 g/mol. The van der Waals surface area contributed by atoms with Gasteiger partial charge in [-0.1, -0.05) is 13.8 Å². The maximum absolute atomic E-state index is 13.0. The predicted octanol–water partition coefficient (Wildman–Crippen LogP) is 3.05. The van der Waals surface area contributed by atoms with Crippen LogP contribution in [0.3, 0.4) is 0 Å². The first kappa shape index (κ1) is 19.8. The number of alkyl halides is 6. The van der Waals surface area contributed by atoms with Crippen molar-refractivity contribution in [1.29, 1.82) is 0 Å². The molecular formula is C13H13F6NO4. The van der Waals surface area contributed by atoms with E-state index in [0.717, 1.165) is 5.32 Å². The zero-order chi connectivity index (χ0) is 19.0. The molecule has 0 atom stereocenters. The monoisotopic (exact) mass is 361 g/mol. The maximum atomic E-state index is 13.0. The minimum absolute atomic E-state index is 0.510. The van der Waals surface area contributed by atoms with Crippen LogP contribution >= 0.6 is 0 Å². The SMILES string of the molecule is CC(C)CC1C(C(=O)O)=C(C(F)(F)F)NC(C(F)(F)F)=C1C(=O)O. The Hall–Kier alpha value is -2.20. The highest BCUT2D eigenvalue weighted by Crippen LogP contribution is 2.43. The first-order valence-corrected chi connectivity index (χ1v) is 6.54. The number of carbonyl (C=O) groups is 2. The van der Waals surface area contributed by atoms with Gasteiger partial charge < -0.3 is 15.5 Å². The van der Waals surface area contributed by atoms with Crippen molar-refractivity contribution in [2.75, 3.05) is 0 Å². The minimum Gasteiger partial charge on any atom is -0.478 e. The first-order chi connectivity index (χ1) is 10.7. The van der Waals surface area contributed by atoms with Gasteiger partial charge in [0.15, 0.2) is 0 Å². The predicted molar refractivity (Wildman–Crippen MR) is 67.5 cm³/mol. The molecule has 0 radical (unpaired) electrons. The molecule has 1 rings (SSSR count). The zero-order valence-electron chi connectivity index (χ0n) is 12.3. The van der Waals surface area contributed by atoms with Gasteiger partial charge >= 0.3 is 24.3 Å². The molecular weight excluding hydrogens is 348 g/mol. The van der Waals surface area contributed by atoms with Crippen LogP contribution in [0.2, 0.25) is 0 Å². The molecule has 0 unspecified atom stereocenters. The third-order valence-electron chi connectivity index (χ3n) is 3.22. The Kier molecular flexibility index (Phi) is 5.26. The van der Waals surface area contributed by atoms with Gasteiger partial charge in [-0.3, -0.25) is 0 Å². The molecule has 136 valence electrons. The number of allylic oxidation sites excluding steroid dienone is 2. The number of rotatable bonds is 4. The molecule has 0 bridgehead atoms. The van der Waals surface area contributed by atoms with Gasteiger partial charge in [-0.25, -0.2) is 9.59 Å². The van der Waals surface area contributed by atoms with Crippen molar-refractivity contribution in [3.05, 3.63) is 22.5 Å². The largest absolute Gasteiger partial charge is 0.478 e. The standard InChI is InChI=1S/C13H13F6NO4/c1-4(2)3-5-6(10(21)22)8(12(14,15)16)20-9(13(17,18)19)7(5)11(23)24/h4-5,20H,3H2,1-2H3,(H,21,22)(H,23,24). The molecule has 0 saturated carbocycles. The normalized spacial score (nSPS) is 17.4. The van der Waals surface area contributed by atoms with Crippen LogP contribution in [-0.4, -0.2) is 34.5 Å². The van der Waals surface area contributed by atoms with Crippen molar-refractivity contribution in [3.63, 3.8) is 0 Å². The van der Waals surface area contributed by atoms with Crippen LogP contribution in [-0.2, 0) is 9.59 Å². The second kappa shape index (κ2) is 6.36. The van der Waals surface area contributed by atoms with E-state index in [0.29, 0.717) is 0 Å². The van der Waals surface area contributed by atoms with E-state index in [1.807, 2.05) is 0 Å². The topological polar surface area (TPSA) is 86.6 Å². The molecule has 11 heteroatoms. The number of hydrogen-bond acceptors (Lipinski definition) is 3. The van der Waals surface area contributed by atoms with Gasteiger partial charge in [-0.2, -0.15) is 26.3 Å². The number of hydrogen-bond donors (Lipinski definition) is 3. The highest BCUT2D eigenvalue weighted by Gasteiger charge is 2.52. The Morgan fingerprint density at radius 2 is 1.29 bits per heavy atom. The van der Waals surface area contributed by atoms with Crippen molar-refractivity contribution in [3.8, 4) is 0 Å². The Labute approximate surface area is 131 Å². The summed E-state index contributed by atoms with van der Waals surface area (Å²) in [6.45, 7) is 2.84. The Morgan fingerprint density at radius 1 is 0.958 bits per heavy atom. The second-order valence-electron chi connectivity index (χ2n) is 5.49. The molecule has 1 heterocycles. The summed E-state index contributed by atoms with van der Waals surface area (Å²) in [5, 5.41) is 19.0. The van der Waals surface area contributed by atoms with E-state index in [1.54, 1.807) is 0 Å². The van der Waals surface area contributed by atoms with E-state index in [1.165, 1.54) is 13.8 Å². The summed E-state index contributed by atoms with van der Waals surface area (Å²) in [4.78, 5) is 22.5. The molecule has 0 spiro atoms. The van der Waals surface area contributed by atoms with Crippen LogP contribution < -0.4 is 5.32 Å². The lowest BCUT2D eigenvalue weighted by Crippen LogP contribution is -2.43. The van der Waals surface area contributed by atoms with Crippen LogP contribution in [0.15, 0.2) is 22.5 Å². The van der Waals surface area contributed by atoms with E-state index in [4.69, 9.17) is 10.2 Å². The molecule has 0 aromatic heterocycles. The molecule has 1 aliphatic rings. The van der Waals surface area contributed by atoms with Gasteiger partial charge in [0.2, 0.25) is 0 Å². The second-order valence-corrected chi connectivity index (χ2v) is 5.49. The van der Waals surface area contributed by atoms with Crippen LogP contribution in [0.4, 0.5) is 26.3 Å². The average Bonchev–Trinajstić information content (AvgIpc) is 2.33. The number of halogens is 6. The number of nitrogens with one attached hydrogen (secondary N) is 1. The third kappa shape index (κ3) is 4.01. The Bertz CT molecular complexity index is 567. The molecule has 0 aromatic rings. The van der Waals surface area contributed by atoms with Gasteiger partial charge in [0.25, 0.3) is 0 Å². The lowest BCUT2D eigenvalue weighted by molar-refractivity contribution is -0.139. The van der Waals surface area contributed by atoms with Gasteiger partial charge in [-0.05, 0) is 12.3 Å². The fraction of sp³-hybridized carbons (Fsp3) is 0.538. The van der Waals surface area contributed by atoms with Crippen molar-refractivity contribution < 1.29 is 46.1 Å². The van der Waals surface area contributed by atoms with Gasteiger partial charge in [0, 0.05) is 5.92 Å². The number of dihydropyridines is 1. The Morgan fingerprint density at radius 3 is 1.50 bits per heavy atom. The van der Waals surface area contributed by atoms with Crippen LogP contribution in [0, 0.1) is 11.8 Å². The molecule has 0 fully saturated rings. The van der Waals surface area contributed by atoms with Crippen molar-refractivity contribution in [2.24, 2.45) is 11.8 Å². The lowest BCUT2D eigenvalue weighted by Gasteiger charge is -2.32. The zero-order valence-corrected chi connectivity index (χ0v) is 12.3.